The molecule has 0 aromatic heterocycles. The molecule has 3 atom stereocenters. The van der Waals surface area contributed by atoms with Crippen LogP contribution in [0.4, 0.5) is 4.79 Å². The van der Waals surface area contributed by atoms with Crippen LogP contribution in [0.2, 0.25) is 0 Å². The Balaban J connectivity index is 1.82. The maximum atomic E-state index is 11.9. The van der Waals surface area contributed by atoms with E-state index >= 15 is 0 Å². The summed E-state index contributed by atoms with van der Waals surface area (Å²) in [5, 5.41) is 21.1. The number of urea groups is 1. The highest BCUT2D eigenvalue weighted by atomic mass is 16.6. The summed E-state index contributed by atoms with van der Waals surface area (Å²) in [6, 6.07) is -1.48. The van der Waals surface area contributed by atoms with E-state index in [1.54, 1.807) is 0 Å². The Bertz CT molecular complexity index is 344. The number of aliphatic carboxylic acids is 1. The molecule has 0 aliphatic carbocycles. The number of carboxylic acids is 1. The molecule has 2 fully saturated rings. The van der Waals surface area contributed by atoms with Crippen LogP contribution in [-0.4, -0.2) is 78.3 Å². The Hall–Kier alpha value is -1.38. The molecule has 0 spiro atoms. The Kier molecular flexibility index (Phi) is 4.56. The number of carbonyl (C=O) groups excluding carboxylic acids is 1. The molecular formula is C11H18N2O6. The van der Waals surface area contributed by atoms with Crippen LogP contribution >= 0.6 is 0 Å². The lowest BCUT2D eigenvalue weighted by molar-refractivity contribution is -0.141. The first-order valence-corrected chi connectivity index (χ1v) is 6.22. The fourth-order valence-electron chi connectivity index (χ4n) is 2.23. The lowest BCUT2D eigenvalue weighted by atomic mass is 10.2. The number of aliphatic hydroxyl groups is 1. The van der Waals surface area contributed by atoms with Crippen LogP contribution < -0.4 is 5.32 Å². The minimum atomic E-state index is -1.11. The zero-order valence-corrected chi connectivity index (χ0v) is 10.4. The van der Waals surface area contributed by atoms with Gasteiger partial charge in [-0.3, -0.25) is 0 Å². The number of aliphatic hydroxyl groups excluding tert-OH is 1. The van der Waals surface area contributed by atoms with Crippen LogP contribution in [0.5, 0.6) is 0 Å². The summed E-state index contributed by atoms with van der Waals surface area (Å²) >= 11 is 0. The summed E-state index contributed by atoms with van der Waals surface area (Å²) < 4.78 is 10.6. The van der Waals surface area contributed by atoms with E-state index in [0.29, 0.717) is 19.8 Å². The number of nitrogens with one attached hydrogen (secondary N) is 1. The van der Waals surface area contributed by atoms with E-state index in [9.17, 15) is 14.7 Å². The van der Waals surface area contributed by atoms with Crippen LogP contribution in [0.25, 0.3) is 0 Å². The maximum absolute atomic E-state index is 11.9. The average Bonchev–Trinajstić information content (AvgIpc) is 2.79. The van der Waals surface area contributed by atoms with Gasteiger partial charge in [0.25, 0.3) is 0 Å². The molecule has 1 unspecified atom stereocenters. The predicted octanol–water partition coefficient (Wildman–Crippen LogP) is -1.37. The predicted molar refractivity (Wildman–Crippen MR) is 62.7 cm³/mol. The van der Waals surface area contributed by atoms with E-state index < -0.39 is 24.1 Å². The van der Waals surface area contributed by atoms with Gasteiger partial charge in [-0.05, 0) is 0 Å². The summed E-state index contributed by atoms with van der Waals surface area (Å²) in [7, 11) is 0. The van der Waals surface area contributed by atoms with E-state index in [1.165, 1.54) is 0 Å². The van der Waals surface area contributed by atoms with Gasteiger partial charge in [-0.2, -0.15) is 0 Å². The third kappa shape index (κ3) is 3.55. The smallest absolute Gasteiger partial charge is 0.326 e. The molecular weight excluding hydrogens is 256 g/mol. The monoisotopic (exact) mass is 274 g/mol. The number of amides is 2. The fourth-order valence-corrected chi connectivity index (χ4v) is 2.23. The Morgan fingerprint density at radius 2 is 2.16 bits per heavy atom. The van der Waals surface area contributed by atoms with E-state index in [-0.39, 0.29) is 25.6 Å². The van der Waals surface area contributed by atoms with E-state index in [0.717, 1.165) is 4.90 Å². The Morgan fingerprint density at radius 3 is 2.79 bits per heavy atom. The molecule has 108 valence electrons. The molecule has 8 heteroatoms. The van der Waals surface area contributed by atoms with Crippen molar-refractivity contribution in [2.24, 2.45) is 0 Å². The van der Waals surface area contributed by atoms with Crippen molar-refractivity contribution < 1.29 is 29.3 Å². The zero-order chi connectivity index (χ0) is 13.8. The number of nitrogens with zero attached hydrogens (tertiary/aromatic N) is 1. The first-order valence-electron chi connectivity index (χ1n) is 6.22. The van der Waals surface area contributed by atoms with Crippen molar-refractivity contribution in [1.29, 1.82) is 0 Å². The average molecular weight is 274 g/mol. The number of hydrogen-bond acceptors (Lipinski definition) is 5. The summed E-state index contributed by atoms with van der Waals surface area (Å²) in [6.07, 6.45) is -0.944. The van der Waals surface area contributed by atoms with Crippen molar-refractivity contribution in [2.75, 3.05) is 32.9 Å². The lowest BCUT2D eigenvalue weighted by Gasteiger charge is -2.26. The van der Waals surface area contributed by atoms with Crippen LogP contribution in [-0.2, 0) is 14.3 Å². The highest BCUT2D eigenvalue weighted by Crippen LogP contribution is 2.18. The molecule has 0 aromatic rings. The summed E-state index contributed by atoms with van der Waals surface area (Å²) in [5.41, 5.74) is 0. The van der Waals surface area contributed by atoms with Gasteiger partial charge < -0.3 is 29.9 Å². The summed E-state index contributed by atoms with van der Waals surface area (Å²) in [5.74, 6) is -1.11. The van der Waals surface area contributed by atoms with Gasteiger partial charge in [-0.1, -0.05) is 0 Å². The molecule has 0 radical (unpaired) electrons. The normalized spacial score (nSPS) is 31.2. The van der Waals surface area contributed by atoms with Gasteiger partial charge in [0.05, 0.1) is 32.0 Å². The molecule has 2 amide bonds. The Morgan fingerprint density at radius 1 is 1.37 bits per heavy atom. The van der Waals surface area contributed by atoms with Crippen LogP contribution in [0.15, 0.2) is 0 Å². The largest absolute Gasteiger partial charge is 0.480 e. The number of likely N-dealkylation sites (tertiary alicyclic amines) is 1. The molecule has 2 heterocycles. The second kappa shape index (κ2) is 6.18. The summed E-state index contributed by atoms with van der Waals surface area (Å²) in [4.78, 5) is 24.0. The summed E-state index contributed by atoms with van der Waals surface area (Å²) in [6.45, 7) is 1.73. The van der Waals surface area contributed by atoms with Crippen molar-refractivity contribution in [1.82, 2.24) is 10.2 Å². The van der Waals surface area contributed by atoms with Crippen molar-refractivity contribution in [2.45, 2.75) is 24.7 Å². The number of β-amino-alcohol motifs (C(OH)–C–C–N with tert-alkyl or cyclic N) is 1. The molecule has 2 saturated heterocycles. The number of carbonyl (C=O) groups is 2. The molecule has 0 bridgehead atoms. The lowest BCUT2D eigenvalue weighted by Crippen LogP contribution is -2.49. The SMILES string of the molecule is O=C(O)[C@H]1C[C@@H](O)CN1C(=O)NCC1COCCO1. The van der Waals surface area contributed by atoms with Gasteiger partial charge in [0.2, 0.25) is 0 Å². The molecule has 0 saturated carbocycles. The first-order chi connectivity index (χ1) is 9.08. The van der Waals surface area contributed by atoms with Crippen molar-refractivity contribution in [3.63, 3.8) is 0 Å². The van der Waals surface area contributed by atoms with Crippen molar-refractivity contribution in [3.8, 4) is 0 Å². The molecule has 0 aromatic carbocycles. The topological polar surface area (TPSA) is 108 Å². The van der Waals surface area contributed by atoms with E-state index in [1.807, 2.05) is 0 Å². The Labute approximate surface area is 110 Å². The highest BCUT2D eigenvalue weighted by molar-refractivity contribution is 5.83. The van der Waals surface area contributed by atoms with Gasteiger partial charge in [0.1, 0.15) is 6.04 Å². The van der Waals surface area contributed by atoms with Crippen LogP contribution in [0, 0.1) is 0 Å². The van der Waals surface area contributed by atoms with Gasteiger partial charge in [0.15, 0.2) is 0 Å². The second-order valence-electron chi connectivity index (χ2n) is 4.65. The van der Waals surface area contributed by atoms with Crippen molar-refractivity contribution in [3.05, 3.63) is 0 Å². The van der Waals surface area contributed by atoms with E-state index in [2.05, 4.69) is 5.32 Å². The maximum Gasteiger partial charge on any atom is 0.326 e. The third-order valence-electron chi connectivity index (χ3n) is 3.19. The number of carboxylic acid groups (broad SMARTS) is 1. The van der Waals surface area contributed by atoms with E-state index in [4.69, 9.17) is 14.6 Å². The molecule has 2 aliphatic rings. The quantitative estimate of drug-likeness (QED) is 0.586. The standard InChI is InChI=1S/C11H18N2O6/c14-7-3-9(10(15)16)13(5-7)11(17)12-4-8-6-18-1-2-19-8/h7-9,14H,1-6H2,(H,12,17)(H,15,16)/t7-,8?,9-/m1/s1. The molecule has 2 rings (SSSR count). The number of hydrogen-bond donors (Lipinski definition) is 3. The minimum absolute atomic E-state index is 0.0326. The second-order valence-corrected chi connectivity index (χ2v) is 4.65. The molecule has 19 heavy (non-hydrogen) atoms. The number of ether oxygens (including phenoxy) is 2. The van der Waals surface area contributed by atoms with Gasteiger partial charge in [-0.25, -0.2) is 9.59 Å². The third-order valence-corrected chi connectivity index (χ3v) is 3.19. The number of rotatable bonds is 3. The highest BCUT2D eigenvalue weighted by Gasteiger charge is 2.39. The van der Waals surface area contributed by atoms with Crippen LogP contribution in [0.1, 0.15) is 6.42 Å². The van der Waals surface area contributed by atoms with Gasteiger partial charge >= 0.3 is 12.0 Å². The zero-order valence-electron chi connectivity index (χ0n) is 10.4. The molecule has 2 aliphatic heterocycles. The minimum Gasteiger partial charge on any atom is -0.480 e. The van der Waals surface area contributed by atoms with Gasteiger partial charge in [0, 0.05) is 19.5 Å². The fraction of sp³-hybridized carbons (Fsp3) is 0.818. The molecule has 3 N–H and O–H groups in total. The first kappa shape index (κ1) is 14.0. The molecule has 8 nitrogen and oxygen atoms in total. The van der Waals surface area contributed by atoms with Gasteiger partial charge in [-0.15, -0.1) is 0 Å². The van der Waals surface area contributed by atoms with Crippen molar-refractivity contribution >= 4 is 12.0 Å². The van der Waals surface area contributed by atoms with Crippen LogP contribution in [0.3, 0.4) is 0 Å².